The number of amides is 1. The molecule has 1 unspecified atom stereocenters. The Labute approximate surface area is 122 Å². The maximum absolute atomic E-state index is 12.1. The number of carbonyl (C=O) groups excluding carboxylic acids is 1. The first-order chi connectivity index (χ1) is 9.74. The third-order valence-electron chi connectivity index (χ3n) is 2.86. The SMILES string of the molecule is CSCc1ccc(C(=O)NC(CO)c2ccccc2)o1. The summed E-state index contributed by atoms with van der Waals surface area (Å²) in [7, 11) is 0. The molecule has 1 atom stereocenters. The third kappa shape index (κ3) is 3.65. The van der Waals surface area contributed by atoms with Crippen LogP contribution in [0.4, 0.5) is 0 Å². The number of aliphatic hydroxyl groups excluding tert-OH is 1. The molecule has 0 fully saturated rings. The molecule has 2 aromatic rings. The molecular formula is C15H17NO3S. The maximum Gasteiger partial charge on any atom is 0.287 e. The van der Waals surface area contributed by atoms with Crippen LogP contribution in [0, 0.1) is 0 Å². The van der Waals surface area contributed by atoms with E-state index in [2.05, 4.69) is 5.32 Å². The van der Waals surface area contributed by atoms with Gasteiger partial charge in [-0.3, -0.25) is 4.79 Å². The lowest BCUT2D eigenvalue weighted by Gasteiger charge is -2.15. The Hall–Kier alpha value is -1.72. The zero-order valence-corrected chi connectivity index (χ0v) is 12.0. The maximum atomic E-state index is 12.1. The zero-order chi connectivity index (χ0) is 14.4. The first kappa shape index (κ1) is 14.7. The van der Waals surface area contributed by atoms with E-state index in [-0.39, 0.29) is 18.3 Å². The fraction of sp³-hybridized carbons (Fsp3) is 0.267. The molecule has 1 aromatic carbocycles. The van der Waals surface area contributed by atoms with E-state index < -0.39 is 6.04 Å². The van der Waals surface area contributed by atoms with Crippen molar-refractivity contribution in [1.29, 1.82) is 0 Å². The summed E-state index contributed by atoms with van der Waals surface area (Å²) >= 11 is 1.63. The minimum atomic E-state index is -0.433. The number of carbonyl (C=O) groups is 1. The molecule has 106 valence electrons. The predicted octanol–water partition coefficient (Wildman–Crippen LogP) is 2.61. The summed E-state index contributed by atoms with van der Waals surface area (Å²) in [5.74, 6) is 1.45. The van der Waals surface area contributed by atoms with Gasteiger partial charge in [0.05, 0.1) is 18.4 Å². The van der Waals surface area contributed by atoms with Crippen molar-refractivity contribution in [2.24, 2.45) is 0 Å². The van der Waals surface area contributed by atoms with Gasteiger partial charge in [-0.15, -0.1) is 0 Å². The molecule has 0 aliphatic heterocycles. The van der Waals surface area contributed by atoms with E-state index in [1.807, 2.05) is 36.6 Å². The predicted molar refractivity (Wildman–Crippen MR) is 79.7 cm³/mol. The Balaban J connectivity index is 2.05. The Morgan fingerprint density at radius 1 is 1.30 bits per heavy atom. The lowest BCUT2D eigenvalue weighted by molar-refractivity contribution is 0.0887. The average molecular weight is 291 g/mol. The van der Waals surface area contributed by atoms with Crippen LogP contribution in [-0.2, 0) is 5.75 Å². The van der Waals surface area contributed by atoms with Crippen molar-refractivity contribution in [3.8, 4) is 0 Å². The van der Waals surface area contributed by atoms with Gasteiger partial charge in [0.2, 0.25) is 0 Å². The Morgan fingerprint density at radius 2 is 2.05 bits per heavy atom. The van der Waals surface area contributed by atoms with E-state index >= 15 is 0 Å². The van der Waals surface area contributed by atoms with Crippen LogP contribution in [0.25, 0.3) is 0 Å². The van der Waals surface area contributed by atoms with Crippen LogP contribution in [0.1, 0.15) is 27.9 Å². The van der Waals surface area contributed by atoms with Gasteiger partial charge in [0, 0.05) is 0 Å². The fourth-order valence-electron chi connectivity index (χ4n) is 1.87. The monoisotopic (exact) mass is 291 g/mol. The first-order valence-electron chi connectivity index (χ1n) is 6.29. The number of furan rings is 1. The summed E-state index contributed by atoms with van der Waals surface area (Å²) in [5.41, 5.74) is 0.860. The van der Waals surface area contributed by atoms with Crippen LogP contribution in [0.2, 0.25) is 0 Å². The van der Waals surface area contributed by atoms with Gasteiger partial charge in [0.15, 0.2) is 5.76 Å². The minimum absolute atomic E-state index is 0.159. The number of aliphatic hydroxyl groups is 1. The molecule has 0 spiro atoms. The fourth-order valence-corrected chi connectivity index (χ4v) is 2.31. The molecular weight excluding hydrogens is 274 g/mol. The first-order valence-corrected chi connectivity index (χ1v) is 7.68. The molecule has 1 heterocycles. The van der Waals surface area contributed by atoms with Crippen molar-refractivity contribution < 1.29 is 14.3 Å². The molecule has 0 radical (unpaired) electrons. The van der Waals surface area contributed by atoms with E-state index in [0.29, 0.717) is 0 Å². The van der Waals surface area contributed by atoms with Crippen molar-refractivity contribution in [2.45, 2.75) is 11.8 Å². The molecule has 0 aliphatic rings. The molecule has 0 aliphatic carbocycles. The summed E-state index contributed by atoms with van der Waals surface area (Å²) in [6, 6.07) is 12.4. The van der Waals surface area contributed by atoms with Gasteiger partial charge in [-0.1, -0.05) is 30.3 Å². The molecule has 20 heavy (non-hydrogen) atoms. The van der Waals surface area contributed by atoms with Crippen molar-refractivity contribution in [3.63, 3.8) is 0 Å². The Morgan fingerprint density at radius 3 is 2.70 bits per heavy atom. The molecule has 4 nitrogen and oxygen atoms in total. The molecule has 0 bridgehead atoms. The minimum Gasteiger partial charge on any atom is -0.455 e. The molecule has 0 saturated heterocycles. The highest BCUT2D eigenvalue weighted by Gasteiger charge is 2.17. The second-order valence-corrected chi connectivity index (χ2v) is 5.18. The van der Waals surface area contributed by atoms with Crippen LogP contribution >= 0.6 is 11.8 Å². The smallest absolute Gasteiger partial charge is 0.287 e. The summed E-state index contributed by atoms with van der Waals surface area (Å²) in [6.07, 6.45) is 1.97. The second kappa shape index (κ2) is 7.17. The highest BCUT2D eigenvalue weighted by molar-refractivity contribution is 7.97. The molecule has 0 saturated carbocycles. The van der Waals surface area contributed by atoms with E-state index in [1.54, 1.807) is 23.9 Å². The lowest BCUT2D eigenvalue weighted by atomic mass is 10.1. The summed E-state index contributed by atoms with van der Waals surface area (Å²) < 4.78 is 5.45. The normalized spacial score (nSPS) is 12.1. The van der Waals surface area contributed by atoms with E-state index in [1.165, 1.54) is 0 Å². The van der Waals surface area contributed by atoms with Crippen LogP contribution in [0.15, 0.2) is 46.9 Å². The molecule has 2 rings (SSSR count). The van der Waals surface area contributed by atoms with E-state index in [4.69, 9.17) is 4.42 Å². The van der Waals surface area contributed by atoms with Crippen molar-refractivity contribution in [1.82, 2.24) is 5.32 Å². The molecule has 1 amide bonds. The van der Waals surface area contributed by atoms with E-state index in [0.717, 1.165) is 17.1 Å². The quantitative estimate of drug-likeness (QED) is 0.859. The van der Waals surface area contributed by atoms with Crippen molar-refractivity contribution in [2.75, 3.05) is 12.9 Å². The number of rotatable bonds is 6. The standard InChI is InChI=1S/C15H17NO3S/c1-20-10-12-7-8-14(19-12)15(18)16-13(9-17)11-5-3-2-4-6-11/h2-8,13,17H,9-10H2,1H3,(H,16,18). The van der Waals surface area contributed by atoms with Crippen molar-refractivity contribution >= 4 is 17.7 Å². The van der Waals surface area contributed by atoms with Gasteiger partial charge in [-0.2, -0.15) is 11.8 Å². The zero-order valence-electron chi connectivity index (χ0n) is 11.2. The number of thioether (sulfide) groups is 1. The lowest BCUT2D eigenvalue weighted by Crippen LogP contribution is -2.30. The summed E-state index contributed by atoms with van der Waals surface area (Å²) in [5, 5.41) is 12.2. The van der Waals surface area contributed by atoms with Gasteiger partial charge >= 0.3 is 0 Å². The number of hydrogen-bond donors (Lipinski definition) is 2. The van der Waals surface area contributed by atoms with Crippen LogP contribution in [-0.4, -0.2) is 23.9 Å². The van der Waals surface area contributed by atoms with Crippen LogP contribution < -0.4 is 5.32 Å². The van der Waals surface area contributed by atoms with Gasteiger partial charge in [0.1, 0.15) is 5.76 Å². The molecule has 1 aromatic heterocycles. The van der Waals surface area contributed by atoms with Gasteiger partial charge in [-0.25, -0.2) is 0 Å². The number of nitrogens with one attached hydrogen (secondary N) is 1. The highest BCUT2D eigenvalue weighted by atomic mass is 32.2. The highest BCUT2D eigenvalue weighted by Crippen LogP contribution is 2.16. The largest absolute Gasteiger partial charge is 0.455 e. The van der Waals surface area contributed by atoms with Gasteiger partial charge in [0.25, 0.3) is 5.91 Å². The second-order valence-electron chi connectivity index (χ2n) is 4.32. The third-order valence-corrected chi connectivity index (χ3v) is 3.44. The average Bonchev–Trinajstić information content (AvgIpc) is 2.94. The van der Waals surface area contributed by atoms with Gasteiger partial charge < -0.3 is 14.8 Å². The number of hydrogen-bond acceptors (Lipinski definition) is 4. The van der Waals surface area contributed by atoms with Crippen molar-refractivity contribution in [3.05, 3.63) is 59.5 Å². The van der Waals surface area contributed by atoms with Crippen LogP contribution in [0.5, 0.6) is 0 Å². The Kier molecular flexibility index (Phi) is 5.26. The van der Waals surface area contributed by atoms with E-state index in [9.17, 15) is 9.90 Å². The molecule has 2 N–H and O–H groups in total. The van der Waals surface area contributed by atoms with Gasteiger partial charge in [-0.05, 0) is 24.0 Å². The summed E-state index contributed by atoms with van der Waals surface area (Å²) in [6.45, 7) is -0.159. The number of benzene rings is 1. The van der Waals surface area contributed by atoms with Crippen LogP contribution in [0.3, 0.4) is 0 Å². The topological polar surface area (TPSA) is 62.5 Å². The summed E-state index contributed by atoms with van der Waals surface area (Å²) in [4.78, 5) is 12.1. The Bertz CT molecular complexity index is 553. The molecule has 5 heteroatoms.